The Labute approximate surface area is 129 Å². The second-order valence-electron chi connectivity index (χ2n) is 5.66. The third-order valence-electron chi connectivity index (χ3n) is 3.91. The van der Waals surface area contributed by atoms with Crippen LogP contribution in [0.15, 0.2) is 12.1 Å². The number of aromatic nitrogens is 3. The van der Waals surface area contributed by atoms with Gasteiger partial charge in [-0.3, -0.25) is 5.10 Å². The zero-order chi connectivity index (χ0) is 16.6. The summed E-state index contributed by atoms with van der Waals surface area (Å²) in [6.07, 6.45) is -3.30. The van der Waals surface area contributed by atoms with E-state index in [1.54, 1.807) is 4.90 Å². The summed E-state index contributed by atoms with van der Waals surface area (Å²) >= 11 is 0. The van der Waals surface area contributed by atoms with Crippen LogP contribution in [0.3, 0.4) is 0 Å². The van der Waals surface area contributed by atoms with E-state index in [0.717, 1.165) is 18.9 Å². The van der Waals surface area contributed by atoms with Gasteiger partial charge in [-0.15, -0.1) is 5.10 Å². The number of piperidine rings is 1. The minimum absolute atomic E-state index is 0.0650. The number of carbonyl (C=O) groups is 1. The van der Waals surface area contributed by atoms with Crippen LogP contribution in [0.5, 0.6) is 5.88 Å². The number of hydrogen-bond acceptors (Lipinski definition) is 4. The number of carbonyl (C=O) groups excluding carboxylic acids is 1. The highest BCUT2D eigenvalue weighted by atomic mass is 19.4. The molecule has 1 fully saturated rings. The number of nitrogens with one attached hydrogen (secondary N) is 1. The number of H-pyrrole nitrogens is 1. The van der Waals surface area contributed by atoms with E-state index >= 15 is 0 Å². The topological polar surface area (TPSA) is 71.1 Å². The lowest BCUT2D eigenvalue weighted by atomic mass is 10.00. The van der Waals surface area contributed by atoms with Crippen molar-refractivity contribution in [2.24, 2.45) is 5.92 Å². The van der Waals surface area contributed by atoms with Gasteiger partial charge < -0.3 is 9.64 Å². The summed E-state index contributed by atoms with van der Waals surface area (Å²) in [4.78, 5) is 17.1. The molecule has 124 valence electrons. The molecule has 3 rings (SSSR count). The Morgan fingerprint density at radius 3 is 2.70 bits per heavy atom. The van der Waals surface area contributed by atoms with Gasteiger partial charge in [0, 0.05) is 13.1 Å². The fourth-order valence-electron chi connectivity index (χ4n) is 2.45. The predicted octanol–water partition coefficient (Wildman–Crippen LogP) is 3.21. The number of fused-ring (bicyclic) bond motifs is 1. The lowest BCUT2D eigenvalue weighted by Crippen LogP contribution is -2.39. The molecule has 0 unspecified atom stereocenters. The van der Waals surface area contributed by atoms with Gasteiger partial charge in [-0.25, -0.2) is 9.78 Å². The largest absolute Gasteiger partial charge is 0.433 e. The standard InChI is InChI=1S/C14H15F3N4O2/c1-8-4-6-21(7-5-8)13(22)23-12-9-2-3-10(14(15,16)17)18-11(9)19-20-12/h2-3,8H,4-7H2,1H3,(H,18,19,20). The average Bonchev–Trinajstić information content (AvgIpc) is 2.89. The molecule has 0 aromatic carbocycles. The second kappa shape index (κ2) is 5.71. The first-order chi connectivity index (χ1) is 10.8. The molecule has 0 spiro atoms. The molecule has 1 aliphatic rings. The monoisotopic (exact) mass is 328 g/mol. The molecular formula is C14H15F3N4O2. The maximum atomic E-state index is 12.6. The van der Waals surface area contributed by atoms with Crippen LogP contribution in [0, 0.1) is 5.92 Å². The number of halogens is 3. The highest BCUT2D eigenvalue weighted by molar-refractivity contribution is 5.84. The molecule has 2 aromatic rings. The molecule has 0 radical (unpaired) electrons. The molecule has 0 saturated carbocycles. The van der Waals surface area contributed by atoms with Crippen molar-refractivity contribution in [3.05, 3.63) is 17.8 Å². The molecule has 3 heterocycles. The molecule has 0 atom stereocenters. The first kappa shape index (κ1) is 15.6. The first-order valence-corrected chi connectivity index (χ1v) is 7.23. The van der Waals surface area contributed by atoms with Gasteiger partial charge in [0.15, 0.2) is 5.65 Å². The Morgan fingerprint density at radius 2 is 2.04 bits per heavy atom. The van der Waals surface area contributed by atoms with Crippen molar-refractivity contribution in [1.82, 2.24) is 20.1 Å². The van der Waals surface area contributed by atoms with Crippen molar-refractivity contribution in [3.63, 3.8) is 0 Å². The van der Waals surface area contributed by atoms with Gasteiger partial charge in [-0.05, 0) is 30.9 Å². The smallest absolute Gasteiger partial charge is 0.389 e. The quantitative estimate of drug-likeness (QED) is 0.872. The van der Waals surface area contributed by atoms with Crippen molar-refractivity contribution in [1.29, 1.82) is 0 Å². The van der Waals surface area contributed by atoms with Gasteiger partial charge in [0.2, 0.25) is 0 Å². The number of nitrogens with zero attached hydrogens (tertiary/aromatic N) is 3. The lowest BCUT2D eigenvalue weighted by Gasteiger charge is -2.28. The molecule has 0 aliphatic carbocycles. The lowest BCUT2D eigenvalue weighted by molar-refractivity contribution is -0.141. The Hall–Kier alpha value is -2.32. The Bertz CT molecular complexity index is 720. The van der Waals surface area contributed by atoms with Crippen molar-refractivity contribution in [2.45, 2.75) is 25.9 Å². The minimum Gasteiger partial charge on any atom is -0.389 e. The first-order valence-electron chi connectivity index (χ1n) is 7.23. The maximum Gasteiger partial charge on any atom is 0.433 e. The van der Waals surface area contributed by atoms with E-state index in [0.29, 0.717) is 19.0 Å². The van der Waals surface area contributed by atoms with E-state index in [-0.39, 0.29) is 16.9 Å². The van der Waals surface area contributed by atoms with Crippen molar-refractivity contribution in [3.8, 4) is 5.88 Å². The summed E-state index contributed by atoms with van der Waals surface area (Å²) in [6, 6.07) is 2.02. The Kier molecular flexibility index (Phi) is 3.87. The molecule has 0 bridgehead atoms. The number of alkyl halides is 3. The summed E-state index contributed by atoms with van der Waals surface area (Å²) in [5.74, 6) is 0.500. The van der Waals surface area contributed by atoms with Gasteiger partial charge >= 0.3 is 12.3 Å². The Balaban J connectivity index is 1.77. The van der Waals surface area contributed by atoms with Crippen LogP contribution in [-0.4, -0.2) is 39.3 Å². The fourth-order valence-corrected chi connectivity index (χ4v) is 2.45. The van der Waals surface area contributed by atoms with E-state index in [4.69, 9.17) is 4.74 Å². The molecule has 9 heteroatoms. The highest BCUT2D eigenvalue weighted by Gasteiger charge is 2.33. The number of likely N-dealkylation sites (tertiary alicyclic amines) is 1. The molecule has 1 aliphatic heterocycles. The van der Waals surface area contributed by atoms with E-state index in [2.05, 4.69) is 22.1 Å². The number of rotatable bonds is 1. The van der Waals surface area contributed by atoms with Crippen LogP contribution in [0.25, 0.3) is 11.0 Å². The number of amides is 1. The van der Waals surface area contributed by atoms with Crippen LogP contribution in [0.1, 0.15) is 25.5 Å². The molecule has 1 saturated heterocycles. The van der Waals surface area contributed by atoms with Gasteiger partial charge in [-0.2, -0.15) is 13.2 Å². The normalized spacial score (nSPS) is 16.8. The second-order valence-corrected chi connectivity index (χ2v) is 5.66. The fraction of sp³-hybridized carbons (Fsp3) is 0.500. The third kappa shape index (κ3) is 3.22. The van der Waals surface area contributed by atoms with Crippen LogP contribution in [0.2, 0.25) is 0 Å². The Morgan fingerprint density at radius 1 is 1.35 bits per heavy atom. The van der Waals surface area contributed by atoms with E-state index in [1.165, 1.54) is 6.07 Å². The van der Waals surface area contributed by atoms with Crippen LogP contribution >= 0.6 is 0 Å². The molecular weight excluding hydrogens is 313 g/mol. The highest BCUT2D eigenvalue weighted by Crippen LogP contribution is 2.30. The van der Waals surface area contributed by atoms with E-state index in [9.17, 15) is 18.0 Å². The van der Waals surface area contributed by atoms with Gasteiger partial charge in [0.25, 0.3) is 5.88 Å². The molecule has 1 N–H and O–H groups in total. The summed E-state index contributed by atoms with van der Waals surface area (Å²) in [5, 5.41) is 6.34. The van der Waals surface area contributed by atoms with Crippen molar-refractivity contribution >= 4 is 17.1 Å². The van der Waals surface area contributed by atoms with Crippen molar-refractivity contribution in [2.75, 3.05) is 13.1 Å². The average molecular weight is 328 g/mol. The zero-order valence-corrected chi connectivity index (χ0v) is 12.4. The number of hydrogen-bond donors (Lipinski definition) is 1. The number of pyridine rings is 1. The van der Waals surface area contributed by atoms with Crippen LogP contribution in [-0.2, 0) is 6.18 Å². The molecule has 1 amide bonds. The van der Waals surface area contributed by atoms with Gasteiger partial charge in [-0.1, -0.05) is 6.92 Å². The van der Waals surface area contributed by atoms with Gasteiger partial charge in [0.1, 0.15) is 5.69 Å². The number of aromatic amines is 1. The maximum absolute atomic E-state index is 12.6. The van der Waals surface area contributed by atoms with Crippen LogP contribution in [0.4, 0.5) is 18.0 Å². The zero-order valence-electron chi connectivity index (χ0n) is 12.4. The SMILES string of the molecule is CC1CCN(C(=O)Oc2n[nH]c3nc(C(F)(F)F)ccc23)CC1. The van der Waals surface area contributed by atoms with E-state index in [1.807, 2.05) is 0 Å². The molecule has 23 heavy (non-hydrogen) atoms. The molecule has 2 aromatic heterocycles. The molecule has 6 nitrogen and oxygen atoms in total. The third-order valence-corrected chi connectivity index (χ3v) is 3.91. The van der Waals surface area contributed by atoms with Crippen LogP contribution < -0.4 is 4.74 Å². The summed E-state index contributed by atoms with van der Waals surface area (Å²) < 4.78 is 43.0. The van der Waals surface area contributed by atoms with Gasteiger partial charge in [0.05, 0.1) is 5.39 Å². The van der Waals surface area contributed by atoms with E-state index < -0.39 is 18.0 Å². The summed E-state index contributed by atoms with van der Waals surface area (Å²) in [7, 11) is 0. The summed E-state index contributed by atoms with van der Waals surface area (Å²) in [5.41, 5.74) is -1.11. The summed E-state index contributed by atoms with van der Waals surface area (Å²) in [6.45, 7) is 3.31. The predicted molar refractivity (Wildman–Crippen MR) is 74.9 cm³/mol. The van der Waals surface area contributed by atoms with Crippen molar-refractivity contribution < 1.29 is 22.7 Å². The number of ether oxygens (including phenoxy) is 1. The minimum atomic E-state index is -4.54.